The number of nitrogens with two attached hydrogens (primary N) is 1. The lowest BCUT2D eigenvalue weighted by Crippen LogP contribution is -1.92. The quantitative estimate of drug-likeness (QED) is 0.772. The van der Waals surface area contributed by atoms with Gasteiger partial charge >= 0.3 is 0 Å². The maximum Gasteiger partial charge on any atom is 0.123 e. The van der Waals surface area contributed by atoms with E-state index in [4.69, 9.17) is 5.73 Å². The summed E-state index contributed by atoms with van der Waals surface area (Å²) in [5.74, 6) is -0.259. The zero-order valence-electron chi connectivity index (χ0n) is 8.37. The summed E-state index contributed by atoms with van der Waals surface area (Å²) < 4.78 is 13.0. The van der Waals surface area contributed by atoms with E-state index in [1.54, 1.807) is 12.3 Å². The Bertz CT molecular complexity index is 495. The van der Waals surface area contributed by atoms with Crippen LogP contribution in [0.25, 0.3) is 11.3 Å². The molecule has 1 aromatic heterocycles. The third-order valence-corrected chi connectivity index (χ3v) is 2.20. The molecule has 15 heavy (non-hydrogen) atoms. The highest BCUT2D eigenvalue weighted by atomic mass is 19.1. The lowest BCUT2D eigenvalue weighted by molar-refractivity contribution is 0.628. The second-order valence-corrected chi connectivity index (χ2v) is 3.44. The third-order valence-electron chi connectivity index (χ3n) is 2.20. The van der Waals surface area contributed by atoms with Gasteiger partial charge in [-0.25, -0.2) is 4.39 Å². The van der Waals surface area contributed by atoms with Crippen LogP contribution in [0.4, 0.5) is 10.1 Å². The van der Waals surface area contributed by atoms with E-state index in [-0.39, 0.29) is 5.82 Å². The van der Waals surface area contributed by atoms with Crippen molar-refractivity contribution in [3.05, 3.63) is 47.9 Å². The minimum absolute atomic E-state index is 0.259. The molecule has 0 atom stereocenters. The van der Waals surface area contributed by atoms with Crippen LogP contribution in [0, 0.1) is 12.7 Å². The van der Waals surface area contributed by atoms with Gasteiger partial charge in [-0.3, -0.25) is 4.98 Å². The van der Waals surface area contributed by atoms with Crippen LogP contribution in [0.15, 0.2) is 36.5 Å². The fourth-order valence-corrected chi connectivity index (χ4v) is 1.53. The average molecular weight is 202 g/mol. The van der Waals surface area contributed by atoms with E-state index in [0.717, 1.165) is 16.8 Å². The zero-order chi connectivity index (χ0) is 10.8. The van der Waals surface area contributed by atoms with E-state index in [1.807, 2.05) is 19.1 Å². The first-order valence-corrected chi connectivity index (χ1v) is 4.65. The minimum atomic E-state index is -0.259. The highest BCUT2D eigenvalue weighted by Gasteiger charge is 2.04. The van der Waals surface area contributed by atoms with Gasteiger partial charge < -0.3 is 5.73 Å². The van der Waals surface area contributed by atoms with Crippen molar-refractivity contribution in [2.45, 2.75) is 6.92 Å². The Morgan fingerprint density at radius 3 is 2.73 bits per heavy atom. The molecule has 0 radical (unpaired) electrons. The summed E-state index contributed by atoms with van der Waals surface area (Å²) in [6.07, 6.45) is 1.58. The Morgan fingerprint density at radius 2 is 2.07 bits per heavy atom. The molecule has 0 aliphatic rings. The van der Waals surface area contributed by atoms with Gasteiger partial charge in [-0.15, -0.1) is 0 Å². The molecule has 2 rings (SSSR count). The van der Waals surface area contributed by atoms with Crippen molar-refractivity contribution < 1.29 is 4.39 Å². The van der Waals surface area contributed by atoms with Crippen molar-refractivity contribution in [1.82, 2.24) is 4.98 Å². The van der Waals surface area contributed by atoms with Gasteiger partial charge in [0, 0.05) is 5.56 Å². The van der Waals surface area contributed by atoms with E-state index in [2.05, 4.69) is 4.98 Å². The van der Waals surface area contributed by atoms with Crippen LogP contribution >= 0.6 is 0 Å². The summed E-state index contributed by atoms with van der Waals surface area (Å²) in [4.78, 5) is 4.20. The molecule has 0 fully saturated rings. The van der Waals surface area contributed by atoms with E-state index < -0.39 is 0 Å². The fourth-order valence-electron chi connectivity index (χ4n) is 1.53. The fraction of sp³-hybridized carbons (Fsp3) is 0.0833. The summed E-state index contributed by atoms with van der Waals surface area (Å²) in [6.45, 7) is 1.91. The maximum atomic E-state index is 13.0. The zero-order valence-corrected chi connectivity index (χ0v) is 8.37. The number of pyridine rings is 1. The Hall–Kier alpha value is -1.90. The number of benzene rings is 1. The van der Waals surface area contributed by atoms with Gasteiger partial charge in [-0.05, 0) is 30.7 Å². The van der Waals surface area contributed by atoms with Crippen LogP contribution < -0.4 is 5.73 Å². The molecule has 0 amide bonds. The van der Waals surface area contributed by atoms with E-state index in [9.17, 15) is 4.39 Å². The molecule has 2 nitrogen and oxygen atoms in total. The van der Waals surface area contributed by atoms with E-state index in [1.165, 1.54) is 12.1 Å². The number of hydrogen-bond acceptors (Lipinski definition) is 2. The maximum absolute atomic E-state index is 13.0. The summed E-state index contributed by atoms with van der Waals surface area (Å²) in [5, 5.41) is 0. The van der Waals surface area contributed by atoms with Gasteiger partial charge in [-0.1, -0.05) is 12.1 Å². The predicted octanol–water partition coefficient (Wildman–Crippen LogP) is 2.78. The van der Waals surface area contributed by atoms with Crippen molar-refractivity contribution in [3.63, 3.8) is 0 Å². The molecule has 2 N–H and O–H groups in total. The lowest BCUT2D eigenvalue weighted by atomic mass is 10.1. The summed E-state index contributed by atoms with van der Waals surface area (Å²) in [5.41, 5.74) is 8.70. The normalized spacial score (nSPS) is 10.3. The van der Waals surface area contributed by atoms with Gasteiger partial charge in [-0.2, -0.15) is 0 Å². The molecule has 0 spiro atoms. The molecule has 2 aromatic rings. The van der Waals surface area contributed by atoms with Crippen LogP contribution in [-0.4, -0.2) is 4.98 Å². The first-order chi connectivity index (χ1) is 7.16. The smallest absolute Gasteiger partial charge is 0.123 e. The topological polar surface area (TPSA) is 38.9 Å². The minimum Gasteiger partial charge on any atom is -0.397 e. The number of nitrogen functional groups attached to an aromatic ring is 1. The van der Waals surface area contributed by atoms with Gasteiger partial charge in [0.1, 0.15) is 5.82 Å². The monoisotopic (exact) mass is 202 g/mol. The molecule has 3 heteroatoms. The standard InChI is InChI=1S/C12H11FN2/c1-8-5-11(14)7-15-12(8)9-3-2-4-10(13)6-9/h2-7H,14H2,1H3. The number of anilines is 1. The largest absolute Gasteiger partial charge is 0.397 e. The van der Waals surface area contributed by atoms with Crippen molar-refractivity contribution in [3.8, 4) is 11.3 Å². The van der Waals surface area contributed by atoms with Crippen molar-refractivity contribution in [2.24, 2.45) is 0 Å². The van der Waals surface area contributed by atoms with E-state index in [0.29, 0.717) is 5.69 Å². The molecule has 76 valence electrons. The number of halogens is 1. The van der Waals surface area contributed by atoms with Crippen molar-refractivity contribution >= 4 is 5.69 Å². The van der Waals surface area contributed by atoms with Crippen molar-refractivity contribution in [1.29, 1.82) is 0 Å². The number of aryl methyl sites for hydroxylation is 1. The Balaban J connectivity index is 2.54. The molecule has 0 unspecified atom stereocenters. The number of nitrogens with zero attached hydrogens (tertiary/aromatic N) is 1. The molecule has 0 aliphatic heterocycles. The Labute approximate surface area is 87.6 Å². The molecule has 1 heterocycles. The Morgan fingerprint density at radius 1 is 1.27 bits per heavy atom. The number of aromatic nitrogens is 1. The predicted molar refractivity (Wildman–Crippen MR) is 58.8 cm³/mol. The molecule has 0 bridgehead atoms. The highest BCUT2D eigenvalue weighted by molar-refractivity contribution is 5.64. The van der Waals surface area contributed by atoms with Gasteiger partial charge in [0.25, 0.3) is 0 Å². The Kier molecular flexibility index (Phi) is 2.37. The summed E-state index contributed by atoms with van der Waals surface area (Å²) in [7, 11) is 0. The first-order valence-electron chi connectivity index (χ1n) is 4.65. The van der Waals surface area contributed by atoms with Gasteiger partial charge in [0.15, 0.2) is 0 Å². The highest BCUT2D eigenvalue weighted by Crippen LogP contribution is 2.22. The van der Waals surface area contributed by atoms with E-state index >= 15 is 0 Å². The SMILES string of the molecule is Cc1cc(N)cnc1-c1cccc(F)c1. The molecule has 0 aliphatic carbocycles. The summed E-state index contributed by atoms with van der Waals surface area (Å²) >= 11 is 0. The number of rotatable bonds is 1. The van der Waals surface area contributed by atoms with Crippen LogP contribution in [0.3, 0.4) is 0 Å². The molecular weight excluding hydrogens is 191 g/mol. The average Bonchev–Trinajstić information content (AvgIpc) is 2.17. The second kappa shape index (κ2) is 3.69. The molecule has 0 saturated carbocycles. The van der Waals surface area contributed by atoms with Crippen LogP contribution in [0.1, 0.15) is 5.56 Å². The first kappa shape index (κ1) is 9.65. The summed E-state index contributed by atoms with van der Waals surface area (Å²) in [6, 6.07) is 8.20. The van der Waals surface area contributed by atoms with Crippen LogP contribution in [-0.2, 0) is 0 Å². The van der Waals surface area contributed by atoms with Gasteiger partial charge in [0.05, 0.1) is 17.6 Å². The molecule has 0 saturated heterocycles. The molecule has 1 aromatic carbocycles. The third kappa shape index (κ3) is 1.96. The lowest BCUT2D eigenvalue weighted by Gasteiger charge is -2.05. The second-order valence-electron chi connectivity index (χ2n) is 3.44. The number of hydrogen-bond donors (Lipinski definition) is 1. The van der Waals surface area contributed by atoms with Crippen LogP contribution in [0.2, 0.25) is 0 Å². The van der Waals surface area contributed by atoms with Crippen LogP contribution in [0.5, 0.6) is 0 Å². The van der Waals surface area contributed by atoms with Gasteiger partial charge in [0.2, 0.25) is 0 Å². The van der Waals surface area contributed by atoms with Crippen molar-refractivity contribution in [2.75, 3.05) is 5.73 Å². The molecular formula is C12H11FN2.